The van der Waals surface area contributed by atoms with Crippen LogP contribution < -0.4 is 5.32 Å². The average molecular weight is 397 g/mol. The lowest BCUT2D eigenvalue weighted by atomic mass is 9.84. The molecule has 2 saturated carbocycles. The van der Waals surface area contributed by atoms with Gasteiger partial charge in [0.05, 0.1) is 0 Å². The molecular weight excluding hydrogens is 368 g/mol. The van der Waals surface area contributed by atoms with E-state index in [0.717, 1.165) is 31.1 Å². The average Bonchev–Trinajstić information content (AvgIpc) is 3.38. The molecule has 1 saturated heterocycles. The number of thiophene rings is 1. The first kappa shape index (κ1) is 18.4. The fourth-order valence-corrected chi connectivity index (χ4v) is 8.02. The Morgan fingerprint density at radius 2 is 2.00 bits per heavy atom. The van der Waals surface area contributed by atoms with Gasteiger partial charge in [-0.1, -0.05) is 12.8 Å². The third-order valence-corrected chi connectivity index (χ3v) is 9.55. The van der Waals surface area contributed by atoms with Crippen LogP contribution in [-0.2, 0) is 10.0 Å². The zero-order valence-corrected chi connectivity index (χ0v) is 16.9. The van der Waals surface area contributed by atoms with Gasteiger partial charge in [0.2, 0.25) is 10.0 Å². The van der Waals surface area contributed by atoms with Gasteiger partial charge in [0.1, 0.15) is 9.77 Å². The van der Waals surface area contributed by atoms with Crippen LogP contribution in [0.5, 0.6) is 0 Å². The maximum Gasteiger partial charge on any atom is 0.262 e. The number of nitrogens with zero attached hydrogens (tertiary/aromatic N) is 1. The van der Waals surface area contributed by atoms with E-state index in [1.165, 1.54) is 41.3 Å². The molecule has 1 aromatic rings. The predicted octanol–water partition coefficient (Wildman–Crippen LogP) is 3.48. The maximum atomic E-state index is 13.0. The number of sulfonamides is 1. The van der Waals surface area contributed by atoms with E-state index >= 15 is 0 Å². The number of fused-ring (bicyclic) bond motifs is 2. The Hall–Kier alpha value is -0.920. The van der Waals surface area contributed by atoms with Gasteiger partial charge in [-0.3, -0.25) is 4.79 Å². The summed E-state index contributed by atoms with van der Waals surface area (Å²) in [6, 6.07) is 1.69. The van der Waals surface area contributed by atoms with E-state index in [-0.39, 0.29) is 16.8 Å². The van der Waals surface area contributed by atoms with Gasteiger partial charge >= 0.3 is 0 Å². The minimum atomic E-state index is -3.57. The molecule has 0 spiro atoms. The Balaban J connectivity index is 1.48. The normalized spacial score (nSPS) is 30.4. The molecule has 1 amide bonds. The van der Waals surface area contributed by atoms with Crippen LogP contribution in [0, 0.1) is 17.8 Å². The SMILES string of the molecule is CC(NC(=O)c1sccc1S(=O)(=O)N1CCCCC1)C1CC2CCC1C2. The summed E-state index contributed by atoms with van der Waals surface area (Å²) in [6.07, 6.45) is 7.99. The van der Waals surface area contributed by atoms with E-state index < -0.39 is 10.0 Å². The van der Waals surface area contributed by atoms with Gasteiger partial charge in [0.25, 0.3) is 5.91 Å². The first-order valence-corrected chi connectivity index (χ1v) is 12.2. The zero-order valence-electron chi connectivity index (χ0n) is 15.3. The molecule has 2 bridgehead atoms. The molecule has 2 heterocycles. The van der Waals surface area contributed by atoms with Crippen LogP contribution >= 0.6 is 11.3 Å². The van der Waals surface area contributed by atoms with Crippen molar-refractivity contribution in [2.24, 2.45) is 17.8 Å². The van der Waals surface area contributed by atoms with Crippen molar-refractivity contribution in [3.8, 4) is 0 Å². The van der Waals surface area contributed by atoms with Crippen molar-refractivity contribution in [2.45, 2.75) is 62.8 Å². The summed E-state index contributed by atoms with van der Waals surface area (Å²) in [5.41, 5.74) is 0. The fraction of sp³-hybridized carbons (Fsp3) is 0.737. The fourth-order valence-electron chi connectivity index (χ4n) is 5.20. The number of nitrogens with one attached hydrogen (secondary N) is 1. The van der Waals surface area contributed by atoms with Crippen LogP contribution in [0.4, 0.5) is 0 Å². The Bertz CT molecular complexity index is 768. The number of rotatable bonds is 5. The third kappa shape index (κ3) is 3.34. The number of carbonyl (C=O) groups excluding carboxylic acids is 1. The van der Waals surface area contributed by atoms with E-state index in [4.69, 9.17) is 0 Å². The third-order valence-electron chi connectivity index (χ3n) is 6.56. The molecule has 2 aliphatic carbocycles. The molecule has 1 aromatic heterocycles. The first-order chi connectivity index (χ1) is 12.5. The number of carbonyl (C=O) groups is 1. The summed E-state index contributed by atoms with van der Waals surface area (Å²) in [5, 5.41) is 4.83. The highest BCUT2D eigenvalue weighted by Crippen LogP contribution is 2.49. The van der Waals surface area contributed by atoms with Gasteiger partial charge in [-0.25, -0.2) is 8.42 Å². The van der Waals surface area contributed by atoms with Crippen LogP contribution in [-0.4, -0.2) is 37.8 Å². The van der Waals surface area contributed by atoms with E-state index in [1.807, 2.05) is 0 Å². The maximum absolute atomic E-state index is 13.0. The second kappa shape index (κ2) is 7.24. The molecule has 3 aliphatic rings. The van der Waals surface area contributed by atoms with Crippen molar-refractivity contribution in [1.29, 1.82) is 0 Å². The Labute approximate surface area is 160 Å². The molecule has 4 atom stereocenters. The zero-order chi connectivity index (χ0) is 18.3. The number of piperidine rings is 1. The summed E-state index contributed by atoms with van der Waals surface area (Å²) in [5.74, 6) is 1.88. The van der Waals surface area contributed by atoms with Gasteiger partial charge in [0, 0.05) is 19.1 Å². The monoisotopic (exact) mass is 396 g/mol. The van der Waals surface area contributed by atoms with Crippen LogP contribution in [0.2, 0.25) is 0 Å². The largest absolute Gasteiger partial charge is 0.349 e. The van der Waals surface area contributed by atoms with Gasteiger partial charge in [-0.05, 0) is 68.2 Å². The van der Waals surface area contributed by atoms with Crippen LogP contribution in [0.3, 0.4) is 0 Å². The lowest BCUT2D eigenvalue weighted by Crippen LogP contribution is -2.41. The molecule has 5 nitrogen and oxygen atoms in total. The summed E-state index contributed by atoms with van der Waals surface area (Å²) < 4.78 is 27.5. The van der Waals surface area contributed by atoms with Crippen LogP contribution in [0.1, 0.15) is 61.5 Å². The topological polar surface area (TPSA) is 66.5 Å². The van der Waals surface area contributed by atoms with Gasteiger partial charge in [-0.15, -0.1) is 11.3 Å². The van der Waals surface area contributed by atoms with Crippen LogP contribution in [0.25, 0.3) is 0 Å². The van der Waals surface area contributed by atoms with Gasteiger partial charge in [-0.2, -0.15) is 4.31 Å². The van der Waals surface area contributed by atoms with Crippen molar-refractivity contribution >= 4 is 27.3 Å². The second-order valence-electron chi connectivity index (χ2n) is 8.18. The quantitative estimate of drug-likeness (QED) is 0.829. The van der Waals surface area contributed by atoms with E-state index in [9.17, 15) is 13.2 Å². The smallest absolute Gasteiger partial charge is 0.262 e. The molecule has 1 aliphatic heterocycles. The van der Waals surface area contributed by atoms with Crippen molar-refractivity contribution in [3.05, 3.63) is 16.3 Å². The summed E-state index contributed by atoms with van der Waals surface area (Å²) >= 11 is 1.23. The van der Waals surface area contributed by atoms with E-state index in [0.29, 0.717) is 23.9 Å². The summed E-state index contributed by atoms with van der Waals surface area (Å²) in [6.45, 7) is 3.19. The lowest BCUT2D eigenvalue weighted by Gasteiger charge is -2.29. The van der Waals surface area contributed by atoms with Crippen molar-refractivity contribution in [2.75, 3.05) is 13.1 Å². The van der Waals surface area contributed by atoms with Gasteiger partial charge in [0.15, 0.2) is 0 Å². The lowest BCUT2D eigenvalue weighted by molar-refractivity contribution is 0.0916. The molecule has 1 N–H and O–H groups in total. The highest BCUT2D eigenvalue weighted by atomic mass is 32.2. The molecule has 4 rings (SSSR count). The molecule has 144 valence electrons. The Morgan fingerprint density at radius 1 is 1.23 bits per heavy atom. The molecular formula is C19H28N2O3S2. The summed E-state index contributed by atoms with van der Waals surface area (Å²) in [4.78, 5) is 13.4. The molecule has 4 unspecified atom stereocenters. The molecule has 7 heteroatoms. The first-order valence-electron chi connectivity index (χ1n) is 9.85. The summed E-state index contributed by atoms with van der Waals surface area (Å²) in [7, 11) is -3.57. The molecule has 0 aromatic carbocycles. The van der Waals surface area contributed by atoms with E-state index in [1.54, 1.807) is 11.4 Å². The van der Waals surface area contributed by atoms with Crippen LogP contribution in [0.15, 0.2) is 16.3 Å². The molecule has 0 radical (unpaired) electrons. The second-order valence-corrected chi connectivity index (χ2v) is 11.0. The van der Waals surface area contributed by atoms with Crippen molar-refractivity contribution < 1.29 is 13.2 Å². The Kier molecular flexibility index (Phi) is 5.14. The van der Waals surface area contributed by atoms with Crippen molar-refractivity contribution in [1.82, 2.24) is 9.62 Å². The number of amides is 1. The number of hydrogen-bond acceptors (Lipinski definition) is 4. The minimum absolute atomic E-state index is 0.102. The molecule has 3 fully saturated rings. The number of hydrogen-bond donors (Lipinski definition) is 1. The minimum Gasteiger partial charge on any atom is -0.349 e. The van der Waals surface area contributed by atoms with Gasteiger partial charge < -0.3 is 5.32 Å². The standard InChI is InChI=1S/C19H28N2O3S2/c1-13(16-12-14-5-6-15(16)11-14)20-19(22)18-17(7-10-25-18)26(23,24)21-8-3-2-4-9-21/h7,10,13-16H,2-6,8-9,11-12H2,1H3,(H,20,22). The highest BCUT2D eigenvalue weighted by molar-refractivity contribution is 7.89. The predicted molar refractivity (Wildman–Crippen MR) is 103 cm³/mol. The Morgan fingerprint density at radius 3 is 2.65 bits per heavy atom. The molecule has 26 heavy (non-hydrogen) atoms. The highest BCUT2D eigenvalue weighted by Gasteiger charge is 2.42. The van der Waals surface area contributed by atoms with E-state index in [2.05, 4.69) is 12.2 Å². The van der Waals surface area contributed by atoms with Crippen molar-refractivity contribution in [3.63, 3.8) is 0 Å².